The van der Waals surface area contributed by atoms with Gasteiger partial charge in [-0.2, -0.15) is 26.3 Å². The second-order valence-electron chi connectivity index (χ2n) is 13.6. The summed E-state index contributed by atoms with van der Waals surface area (Å²) in [5.41, 5.74) is -1.10. The SMILES string of the molecule is FC(F)(F)c1cc(N(c2ccnc(-c3cccc4ccccc34)c2)c2ccnc(-c3cccc4ccccc34)c2)c(C(F)(F)F)cc1-c1cccc2ccccc12. The van der Waals surface area contributed by atoms with Crippen molar-refractivity contribution in [2.75, 3.05) is 4.90 Å². The molecule has 0 aliphatic heterocycles. The molecular weight excluding hydrogens is 733 g/mol. The highest BCUT2D eigenvalue weighted by Crippen LogP contribution is 2.50. The molecular formula is C48H29F6N3. The summed E-state index contributed by atoms with van der Waals surface area (Å²) in [6.07, 6.45) is -7.20. The van der Waals surface area contributed by atoms with Gasteiger partial charge in [-0.25, -0.2) is 0 Å². The van der Waals surface area contributed by atoms with Crippen LogP contribution in [0.2, 0.25) is 0 Å². The van der Waals surface area contributed by atoms with Gasteiger partial charge in [0.1, 0.15) is 0 Å². The molecule has 3 nitrogen and oxygen atoms in total. The highest BCUT2D eigenvalue weighted by atomic mass is 19.4. The maximum absolute atomic E-state index is 15.6. The Morgan fingerprint density at radius 3 is 1.23 bits per heavy atom. The van der Waals surface area contributed by atoms with Crippen molar-refractivity contribution in [3.63, 3.8) is 0 Å². The Balaban J connectivity index is 1.34. The van der Waals surface area contributed by atoms with E-state index in [-0.39, 0.29) is 16.9 Å². The Labute approximate surface area is 323 Å². The zero-order chi connectivity index (χ0) is 39.3. The first-order chi connectivity index (χ1) is 27.5. The molecule has 0 spiro atoms. The molecule has 0 amide bonds. The zero-order valence-corrected chi connectivity index (χ0v) is 29.9. The largest absolute Gasteiger partial charge is 0.418 e. The fourth-order valence-electron chi connectivity index (χ4n) is 7.65. The van der Waals surface area contributed by atoms with Crippen LogP contribution in [-0.4, -0.2) is 9.97 Å². The van der Waals surface area contributed by atoms with E-state index in [1.54, 1.807) is 48.5 Å². The number of halogens is 6. The molecule has 0 radical (unpaired) electrons. The van der Waals surface area contributed by atoms with E-state index in [0.29, 0.717) is 45.4 Å². The average Bonchev–Trinajstić information content (AvgIpc) is 3.22. The van der Waals surface area contributed by atoms with Crippen LogP contribution in [0, 0.1) is 0 Å². The number of pyridine rings is 2. The quantitative estimate of drug-likeness (QED) is 0.158. The minimum atomic E-state index is -5.08. The van der Waals surface area contributed by atoms with Gasteiger partial charge in [0, 0.05) is 34.9 Å². The maximum Gasteiger partial charge on any atom is 0.418 e. The minimum Gasteiger partial charge on any atom is -0.310 e. The average molecular weight is 762 g/mol. The van der Waals surface area contributed by atoms with Crippen molar-refractivity contribution in [3.05, 3.63) is 187 Å². The van der Waals surface area contributed by atoms with Gasteiger partial charge in [-0.3, -0.25) is 9.97 Å². The predicted octanol–water partition coefficient (Wildman–Crippen LogP) is 14.4. The number of aromatic nitrogens is 2. The summed E-state index contributed by atoms with van der Waals surface area (Å²) < 4.78 is 92.8. The van der Waals surface area contributed by atoms with Gasteiger partial charge in [-0.1, -0.05) is 127 Å². The third-order valence-electron chi connectivity index (χ3n) is 10.2. The molecule has 9 rings (SSSR count). The Kier molecular flexibility index (Phi) is 8.73. The van der Waals surface area contributed by atoms with Crippen LogP contribution in [0.1, 0.15) is 11.1 Å². The van der Waals surface area contributed by atoms with Crippen molar-refractivity contribution < 1.29 is 26.3 Å². The number of nitrogens with zero attached hydrogens (tertiary/aromatic N) is 3. The summed E-state index contributed by atoms with van der Waals surface area (Å²) in [5.74, 6) is 0. The predicted molar refractivity (Wildman–Crippen MR) is 216 cm³/mol. The molecule has 0 N–H and O–H groups in total. The molecule has 0 bridgehead atoms. The molecule has 278 valence electrons. The molecule has 0 aliphatic rings. The summed E-state index contributed by atoms with van der Waals surface area (Å²) >= 11 is 0. The molecule has 57 heavy (non-hydrogen) atoms. The molecule has 7 aromatic carbocycles. The lowest BCUT2D eigenvalue weighted by molar-refractivity contribution is -0.140. The number of rotatable bonds is 6. The zero-order valence-electron chi connectivity index (χ0n) is 29.9. The van der Waals surface area contributed by atoms with Crippen molar-refractivity contribution in [1.82, 2.24) is 9.97 Å². The van der Waals surface area contributed by atoms with Gasteiger partial charge in [-0.15, -0.1) is 0 Å². The van der Waals surface area contributed by atoms with E-state index < -0.39 is 34.7 Å². The molecule has 9 aromatic rings. The van der Waals surface area contributed by atoms with Crippen LogP contribution in [-0.2, 0) is 12.4 Å². The van der Waals surface area contributed by atoms with E-state index in [4.69, 9.17) is 0 Å². The normalized spacial score (nSPS) is 12.0. The number of hydrogen-bond donors (Lipinski definition) is 0. The van der Waals surface area contributed by atoms with Crippen LogP contribution in [0.15, 0.2) is 176 Å². The van der Waals surface area contributed by atoms with Gasteiger partial charge >= 0.3 is 12.4 Å². The van der Waals surface area contributed by atoms with Crippen LogP contribution in [0.4, 0.5) is 43.4 Å². The molecule has 0 fully saturated rings. The summed E-state index contributed by atoms with van der Waals surface area (Å²) in [6.45, 7) is 0. The first kappa shape index (κ1) is 35.7. The fraction of sp³-hybridized carbons (Fsp3) is 0.0417. The smallest absolute Gasteiger partial charge is 0.310 e. The lowest BCUT2D eigenvalue weighted by Crippen LogP contribution is -2.20. The number of hydrogen-bond acceptors (Lipinski definition) is 3. The van der Waals surface area contributed by atoms with E-state index in [1.165, 1.54) is 35.5 Å². The molecule has 9 heteroatoms. The molecule has 0 saturated carbocycles. The van der Waals surface area contributed by atoms with Gasteiger partial charge in [-0.05, 0) is 79.8 Å². The molecule has 0 atom stereocenters. The number of benzene rings is 7. The molecule has 0 aliphatic carbocycles. The van der Waals surface area contributed by atoms with Gasteiger partial charge in [0.2, 0.25) is 0 Å². The Hall–Kier alpha value is -7.00. The van der Waals surface area contributed by atoms with Gasteiger partial charge < -0.3 is 4.90 Å². The molecule has 2 heterocycles. The monoisotopic (exact) mass is 761 g/mol. The second kappa shape index (κ2) is 13.9. The van der Waals surface area contributed by atoms with Crippen LogP contribution >= 0.6 is 0 Å². The lowest BCUT2D eigenvalue weighted by Gasteiger charge is -2.30. The third kappa shape index (κ3) is 6.61. The number of fused-ring (bicyclic) bond motifs is 3. The summed E-state index contributed by atoms with van der Waals surface area (Å²) in [6, 6.07) is 45.4. The van der Waals surface area contributed by atoms with Crippen molar-refractivity contribution in [2.45, 2.75) is 12.4 Å². The van der Waals surface area contributed by atoms with E-state index in [0.717, 1.165) is 21.5 Å². The van der Waals surface area contributed by atoms with Crippen LogP contribution in [0.5, 0.6) is 0 Å². The van der Waals surface area contributed by atoms with Gasteiger partial charge in [0.15, 0.2) is 0 Å². The van der Waals surface area contributed by atoms with Crippen LogP contribution in [0.3, 0.4) is 0 Å². The second-order valence-corrected chi connectivity index (χ2v) is 13.6. The van der Waals surface area contributed by atoms with E-state index >= 15 is 26.3 Å². The Morgan fingerprint density at radius 1 is 0.368 bits per heavy atom. The fourth-order valence-corrected chi connectivity index (χ4v) is 7.65. The number of alkyl halides is 6. The van der Waals surface area contributed by atoms with Crippen molar-refractivity contribution in [3.8, 4) is 33.6 Å². The first-order valence-electron chi connectivity index (χ1n) is 18.0. The highest BCUT2D eigenvalue weighted by Gasteiger charge is 2.42. The van der Waals surface area contributed by atoms with Crippen LogP contribution in [0.25, 0.3) is 66.0 Å². The topological polar surface area (TPSA) is 29.0 Å². The van der Waals surface area contributed by atoms with Gasteiger partial charge in [0.05, 0.1) is 28.2 Å². The minimum absolute atomic E-state index is 0.0355. The summed E-state index contributed by atoms with van der Waals surface area (Å²) in [5, 5.41) is 4.54. The van der Waals surface area contributed by atoms with E-state index in [1.807, 2.05) is 84.9 Å². The highest BCUT2D eigenvalue weighted by molar-refractivity contribution is 6.00. The maximum atomic E-state index is 15.6. The van der Waals surface area contributed by atoms with E-state index in [2.05, 4.69) is 9.97 Å². The Bertz CT molecular complexity index is 2830. The summed E-state index contributed by atoms with van der Waals surface area (Å²) in [7, 11) is 0. The lowest BCUT2D eigenvalue weighted by atomic mass is 9.91. The Morgan fingerprint density at radius 2 is 0.772 bits per heavy atom. The molecule has 0 saturated heterocycles. The molecule has 2 aromatic heterocycles. The van der Waals surface area contributed by atoms with Gasteiger partial charge in [0.25, 0.3) is 0 Å². The molecule has 0 unspecified atom stereocenters. The van der Waals surface area contributed by atoms with Crippen molar-refractivity contribution in [1.29, 1.82) is 0 Å². The third-order valence-corrected chi connectivity index (χ3v) is 10.2. The standard InChI is InChI=1S/C48H29F6N3/c49-47(50,51)42-29-46(43(48(52,53)54)28-41(42)38-19-7-13-30-10-1-4-16-35(30)38)57(33-22-24-55-44(26-33)39-20-8-14-31-11-2-5-17-36(31)39)34-23-25-56-45(27-34)40-21-9-15-32-12-3-6-18-37(32)40/h1-29H. The van der Waals surface area contributed by atoms with E-state index in [9.17, 15) is 0 Å². The van der Waals surface area contributed by atoms with Crippen molar-refractivity contribution in [2.24, 2.45) is 0 Å². The van der Waals surface area contributed by atoms with Crippen molar-refractivity contribution >= 4 is 49.4 Å². The number of anilines is 3. The first-order valence-corrected chi connectivity index (χ1v) is 18.0. The van der Waals surface area contributed by atoms with Crippen LogP contribution < -0.4 is 4.90 Å². The summed E-state index contributed by atoms with van der Waals surface area (Å²) in [4.78, 5) is 10.4.